The van der Waals surface area contributed by atoms with Gasteiger partial charge in [0.2, 0.25) is 11.8 Å². The second-order valence-electron chi connectivity index (χ2n) is 7.69. The molecule has 2 aliphatic heterocycles. The van der Waals surface area contributed by atoms with Crippen molar-refractivity contribution < 1.29 is 14.7 Å². The minimum absolute atomic E-state index is 0.121. The first-order valence-electron chi connectivity index (χ1n) is 9.74. The van der Waals surface area contributed by atoms with E-state index in [9.17, 15) is 14.7 Å². The molecule has 6 nitrogen and oxygen atoms in total. The maximum atomic E-state index is 12.9. The predicted octanol–water partition coefficient (Wildman–Crippen LogP) is 1.83. The van der Waals surface area contributed by atoms with Gasteiger partial charge in [0.15, 0.2) is 0 Å². The average molecular weight is 357 g/mol. The molecule has 1 aliphatic carbocycles. The second kappa shape index (κ2) is 7.17. The Morgan fingerprint density at radius 2 is 1.73 bits per heavy atom. The lowest BCUT2D eigenvalue weighted by atomic mass is 10.1. The molecule has 1 saturated carbocycles. The van der Waals surface area contributed by atoms with E-state index >= 15 is 0 Å². The summed E-state index contributed by atoms with van der Waals surface area (Å²) in [7, 11) is 0. The number of piperazine rings is 1. The third kappa shape index (κ3) is 3.24. The van der Waals surface area contributed by atoms with Gasteiger partial charge >= 0.3 is 0 Å². The smallest absolute Gasteiger partial charge is 0.228 e. The number of likely N-dealkylation sites (tertiary alicyclic amines) is 1. The van der Waals surface area contributed by atoms with E-state index < -0.39 is 0 Å². The van der Waals surface area contributed by atoms with Gasteiger partial charge < -0.3 is 19.8 Å². The maximum absolute atomic E-state index is 12.9. The fourth-order valence-corrected chi connectivity index (χ4v) is 4.62. The van der Waals surface area contributed by atoms with E-state index in [4.69, 9.17) is 0 Å². The fraction of sp³-hybridized carbons (Fsp3) is 0.600. The molecule has 4 rings (SSSR count). The van der Waals surface area contributed by atoms with Crippen LogP contribution in [-0.2, 0) is 9.59 Å². The van der Waals surface area contributed by atoms with Gasteiger partial charge in [-0.2, -0.15) is 0 Å². The summed E-state index contributed by atoms with van der Waals surface area (Å²) < 4.78 is 0. The molecule has 1 N–H and O–H groups in total. The summed E-state index contributed by atoms with van der Waals surface area (Å²) in [6.07, 6.45) is 4.94. The van der Waals surface area contributed by atoms with Crippen LogP contribution in [0.5, 0.6) is 5.75 Å². The summed E-state index contributed by atoms with van der Waals surface area (Å²) in [5, 5.41) is 10.0. The van der Waals surface area contributed by atoms with Crippen molar-refractivity contribution in [2.24, 2.45) is 5.92 Å². The molecule has 3 fully saturated rings. The number of anilines is 1. The number of carbonyl (C=O) groups is 2. The van der Waals surface area contributed by atoms with Crippen LogP contribution in [0, 0.1) is 5.92 Å². The minimum Gasteiger partial charge on any atom is -0.506 e. The number of rotatable bonds is 3. The summed E-state index contributed by atoms with van der Waals surface area (Å²) in [6, 6.07) is 7.68. The van der Waals surface area contributed by atoms with Gasteiger partial charge in [-0.1, -0.05) is 25.0 Å². The highest BCUT2D eigenvalue weighted by Gasteiger charge is 2.40. The van der Waals surface area contributed by atoms with Gasteiger partial charge in [0, 0.05) is 45.2 Å². The van der Waals surface area contributed by atoms with Crippen molar-refractivity contribution in [3.05, 3.63) is 24.3 Å². The Labute approximate surface area is 154 Å². The van der Waals surface area contributed by atoms with Crippen LogP contribution in [0.4, 0.5) is 5.69 Å². The highest BCUT2D eigenvalue weighted by atomic mass is 16.3. The van der Waals surface area contributed by atoms with Crippen molar-refractivity contribution in [2.45, 2.75) is 38.1 Å². The van der Waals surface area contributed by atoms with Gasteiger partial charge in [0.05, 0.1) is 11.6 Å². The van der Waals surface area contributed by atoms with Gasteiger partial charge in [-0.05, 0) is 25.0 Å². The Bertz CT molecular complexity index is 679. The van der Waals surface area contributed by atoms with Crippen molar-refractivity contribution in [2.75, 3.05) is 37.6 Å². The third-order valence-electron chi connectivity index (χ3n) is 6.09. The molecule has 2 amide bonds. The Balaban J connectivity index is 1.34. The molecule has 0 bridgehead atoms. The number of benzene rings is 1. The molecule has 0 aromatic heterocycles. The monoisotopic (exact) mass is 357 g/mol. The van der Waals surface area contributed by atoms with E-state index in [0.717, 1.165) is 18.5 Å². The van der Waals surface area contributed by atoms with E-state index in [1.54, 1.807) is 6.07 Å². The van der Waals surface area contributed by atoms with Crippen LogP contribution in [0.2, 0.25) is 0 Å². The third-order valence-corrected chi connectivity index (χ3v) is 6.09. The molecule has 26 heavy (non-hydrogen) atoms. The number of para-hydroxylation sites is 2. The summed E-state index contributed by atoms with van der Waals surface area (Å²) >= 11 is 0. The van der Waals surface area contributed by atoms with E-state index in [1.165, 1.54) is 12.8 Å². The highest BCUT2D eigenvalue weighted by molar-refractivity contribution is 5.89. The lowest BCUT2D eigenvalue weighted by molar-refractivity contribution is -0.136. The van der Waals surface area contributed by atoms with Crippen LogP contribution in [0.25, 0.3) is 0 Å². The predicted molar refractivity (Wildman–Crippen MR) is 99.0 cm³/mol. The zero-order valence-corrected chi connectivity index (χ0v) is 15.1. The van der Waals surface area contributed by atoms with Crippen LogP contribution in [0.3, 0.4) is 0 Å². The number of nitrogens with zero attached hydrogens (tertiary/aromatic N) is 3. The Morgan fingerprint density at radius 1 is 1.04 bits per heavy atom. The Morgan fingerprint density at radius 3 is 2.42 bits per heavy atom. The molecule has 2 heterocycles. The number of carbonyl (C=O) groups excluding carboxylic acids is 2. The maximum Gasteiger partial charge on any atom is 0.228 e. The number of hydrogen-bond acceptors (Lipinski definition) is 4. The molecule has 6 heteroatoms. The molecular formula is C20H27N3O3. The van der Waals surface area contributed by atoms with Crippen molar-refractivity contribution >= 4 is 17.5 Å². The molecule has 2 saturated heterocycles. The van der Waals surface area contributed by atoms with Gasteiger partial charge in [-0.3, -0.25) is 9.59 Å². The molecule has 140 valence electrons. The summed E-state index contributed by atoms with van der Waals surface area (Å²) in [6.45, 7) is 3.29. The summed E-state index contributed by atoms with van der Waals surface area (Å²) in [5.74, 6) is 0.375. The van der Waals surface area contributed by atoms with Crippen molar-refractivity contribution in [3.63, 3.8) is 0 Å². The second-order valence-corrected chi connectivity index (χ2v) is 7.69. The van der Waals surface area contributed by atoms with Crippen LogP contribution in [0.1, 0.15) is 32.1 Å². The standard InChI is InChI=1S/C20H27N3O3/c24-18-8-4-3-7-17(18)21-9-11-22(12-10-21)20(26)15-13-19(25)23(14-15)16-5-1-2-6-16/h3-4,7-8,15-16,24H,1-2,5-6,9-14H2. The first-order chi connectivity index (χ1) is 12.6. The SMILES string of the molecule is O=C(C1CC(=O)N(C2CCCC2)C1)N1CCN(c2ccccc2O)CC1. The first kappa shape index (κ1) is 17.2. The Hall–Kier alpha value is -2.24. The molecule has 0 spiro atoms. The molecule has 1 atom stereocenters. The van der Waals surface area contributed by atoms with Crippen LogP contribution in [0.15, 0.2) is 24.3 Å². The molecule has 0 radical (unpaired) electrons. The quantitative estimate of drug-likeness (QED) is 0.896. The number of phenolic OH excluding ortho intramolecular Hbond substituents is 1. The van der Waals surface area contributed by atoms with E-state index in [0.29, 0.717) is 45.2 Å². The molecule has 3 aliphatic rings. The lowest BCUT2D eigenvalue weighted by Gasteiger charge is -2.37. The van der Waals surface area contributed by atoms with Gasteiger partial charge in [-0.15, -0.1) is 0 Å². The number of aromatic hydroxyl groups is 1. The summed E-state index contributed by atoms with van der Waals surface area (Å²) in [4.78, 5) is 31.2. The first-order valence-corrected chi connectivity index (χ1v) is 9.74. The Kier molecular flexibility index (Phi) is 4.74. The minimum atomic E-state index is -0.181. The van der Waals surface area contributed by atoms with Gasteiger partial charge in [0.1, 0.15) is 5.75 Å². The number of phenols is 1. The van der Waals surface area contributed by atoms with Crippen LogP contribution < -0.4 is 4.90 Å². The number of hydrogen-bond donors (Lipinski definition) is 1. The van der Waals surface area contributed by atoms with E-state index in [1.807, 2.05) is 28.0 Å². The zero-order chi connectivity index (χ0) is 18.1. The van der Waals surface area contributed by atoms with E-state index in [2.05, 4.69) is 4.90 Å². The highest BCUT2D eigenvalue weighted by Crippen LogP contribution is 2.31. The fourth-order valence-electron chi connectivity index (χ4n) is 4.62. The zero-order valence-electron chi connectivity index (χ0n) is 15.1. The van der Waals surface area contributed by atoms with Crippen LogP contribution in [-0.4, -0.2) is 65.5 Å². The van der Waals surface area contributed by atoms with Crippen molar-refractivity contribution in [1.29, 1.82) is 0 Å². The molecule has 1 unspecified atom stereocenters. The lowest BCUT2D eigenvalue weighted by Crippen LogP contribution is -2.50. The molecule has 1 aromatic carbocycles. The van der Waals surface area contributed by atoms with E-state index in [-0.39, 0.29) is 23.5 Å². The van der Waals surface area contributed by atoms with Gasteiger partial charge in [0.25, 0.3) is 0 Å². The molecule has 1 aromatic rings. The number of amides is 2. The van der Waals surface area contributed by atoms with Crippen LogP contribution >= 0.6 is 0 Å². The topological polar surface area (TPSA) is 64.1 Å². The van der Waals surface area contributed by atoms with Gasteiger partial charge in [-0.25, -0.2) is 0 Å². The largest absolute Gasteiger partial charge is 0.506 e. The molecular weight excluding hydrogens is 330 g/mol. The van der Waals surface area contributed by atoms with Crippen molar-refractivity contribution in [1.82, 2.24) is 9.80 Å². The average Bonchev–Trinajstić information content (AvgIpc) is 3.31. The normalized spacial score (nSPS) is 24.5. The summed E-state index contributed by atoms with van der Waals surface area (Å²) in [5.41, 5.74) is 0.822. The van der Waals surface area contributed by atoms with Crippen molar-refractivity contribution in [3.8, 4) is 5.75 Å².